The van der Waals surface area contributed by atoms with Gasteiger partial charge in [0, 0.05) is 24.9 Å². The van der Waals surface area contributed by atoms with E-state index >= 15 is 0 Å². The average molecular weight is 339 g/mol. The second-order valence-corrected chi connectivity index (χ2v) is 7.25. The maximum absolute atomic E-state index is 12.1. The van der Waals surface area contributed by atoms with Gasteiger partial charge in [-0.3, -0.25) is 9.59 Å². The summed E-state index contributed by atoms with van der Waals surface area (Å²) >= 11 is 0. The van der Waals surface area contributed by atoms with Crippen molar-refractivity contribution in [3.05, 3.63) is 0 Å². The molecule has 0 aromatic heterocycles. The van der Waals surface area contributed by atoms with Gasteiger partial charge in [0.15, 0.2) is 0 Å². The fourth-order valence-corrected chi connectivity index (χ4v) is 3.46. The van der Waals surface area contributed by atoms with Gasteiger partial charge in [-0.05, 0) is 25.7 Å². The van der Waals surface area contributed by atoms with E-state index < -0.39 is 0 Å². The molecule has 140 valence electrons. The molecule has 2 amide bonds. The lowest BCUT2D eigenvalue weighted by molar-refractivity contribution is -0.125. The highest BCUT2D eigenvalue weighted by molar-refractivity contribution is 5.77. The normalized spacial score (nSPS) is 20.6. The van der Waals surface area contributed by atoms with Crippen molar-refractivity contribution in [2.75, 3.05) is 0 Å². The lowest BCUT2D eigenvalue weighted by Crippen LogP contribution is -2.53. The summed E-state index contributed by atoms with van der Waals surface area (Å²) in [6.07, 6.45) is 14.5. The first kappa shape index (κ1) is 21.0. The third-order valence-electron chi connectivity index (χ3n) is 4.97. The van der Waals surface area contributed by atoms with Crippen molar-refractivity contribution in [3.63, 3.8) is 0 Å². The molecule has 0 spiro atoms. The molecule has 0 aromatic rings. The molecule has 1 fully saturated rings. The highest BCUT2D eigenvalue weighted by atomic mass is 16.2. The van der Waals surface area contributed by atoms with Crippen molar-refractivity contribution in [3.8, 4) is 0 Å². The lowest BCUT2D eigenvalue weighted by atomic mass is 9.90. The Balaban J connectivity index is 2.30. The van der Waals surface area contributed by atoms with Crippen molar-refractivity contribution < 1.29 is 9.59 Å². The molecule has 4 nitrogen and oxygen atoms in total. The predicted molar refractivity (Wildman–Crippen MR) is 99.8 cm³/mol. The highest BCUT2D eigenvalue weighted by Gasteiger charge is 2.27. The minimum atomic E-state index is 0.122. The summed E-state index contributed by atoms with van der Waals surface area (Å²) in [5.41, 5.74) is 0. The van der Waals surface area contributed by atoms with Gasteiger partial charge in [-0.1, -0.05) is 65.2 Å². The van der Waals surface area contributed by atoms with Gasteiger partial charge in [-0.25, -0.2) is 0 Å². The van der Waals surface area contributed by atoms with E-state index in [-0.39, 0.29) is 23.9 Å². The first-order valence-electron chi connectivity index (χ1n) is 10.3. The Morgan fingerprint density at radius 3 is 1.50 bits per heavy atom. The smallest absolute Gasteiger partial charge is 0.220 e. The van der Waals surface area contributed by atoms with Gasteiger partial charge in [-0.15, -0.1) is 0 Å². The van der Waals surface area contributed by atoms with E-state index in [0.29, 0.717) is 12.8 Å². The van der Waals surface area contributed by atoms with E-state index in [4.69, 9.17) is 0 Å². The zero-order chi connectivity index (χ0) is 17.6. The summed E-state index contributed by atoms with van der Waals surface area (Å²) in [5, 5.41) is 6.35. The van der Waals surface area contributed by atoms with Crippen molar-refractivity contribution >= 4 is 11.8 Å². The number of hydrogen-bond acceptors (Lipinski definition) is 2. The molecule has 0 heterocycles. The molecule has 4 heteroatoms. The van der Waals surface area contributed by atoms with Gasteiger partial charge < -0.3 is 10.6 Å². The first-order chi connectivity index (χ1) is 11.7. The third kappa shape index (κ3) is 9.29. The quantitative estimate of drug-likeness (QED) is 0.516. The van der Waals surface area contributed by atoms with Gasteiger partial charge >= 0.3 is 0 Å². The molecule has 24 heavy (non-hydrogen) atoms. The number of amides is 2. The van der Waals surface area contributed by atoms with Crippen LogP contribution in [0.2, 0.25) is 0 Å². The van der Waals surface area contributed by atoms with Gasteiger partial charge in [0.2, 0.25) is 11.8 Å². The van der Waals surface area contributed by atoms with E-state index in [0.717, 1.165) is 51.4 Å². The van der Waals surface area contributed by atoms with Crippen molar-refractivity contribution in [2.45, 2.75) is 116 Å². The van der Waals surface area contributed by atoms with E-state index in [1.165, 1.54) is 25.7 Å². The van der Waals surface area contributed by atoms with E-state index in [1.54, 1.807) is 0 Å². The van der Waals surface area contributed by atoms with Crippen LogP contribution in [0.5, 0.6) is 0 Å². The third-order valence-corrected chi connectivity index (χ3v) is 4.97. The Morgan fingerprint density at radius 2 is 1.12 bits per heavy atom. The zero-order valence-electron chi connectivity index (χ0n) is 15.9. The molecule has 0 aliphatic heterocycles. The summed E-state index contributed by atoms with van der Waals surface area (Å²) in [6, 6.07) is 0.244. The van der Waals surface area contributed by atoms with Gasteiger partial charge in [0.25, 0.3) is 0 Å². The summed E-state index contributed by atoms with van der Waals surface area (Å²) in [4.78, 5) is 24.3. The van der Waals surface area contributed by atoms with Crippen LogP contribution in [0.15, 0.2) is 0 Å². The summed E-state index contributed by atoms with van der Waals surface area (Å²) in [6.45, 7) is 4.36. The molecule has 0 radical (unpaired) electrons. The maximum Gasteiger partial charge on any atom is 0.220 e. The summed E-state index contributed by atoms with van der Waals surface area (Å²) < 4.78 is 0. The Hall–Kier alpha value is -1.06. The van der Waals surface area contributed by atoms with Crippen LogP contribution in [0.4, 0.5) is 0 Å². The molecule has 0 unspecified atom stereocenters. The maximum atomic E-state index is 12.1. The van der Waals surface area contributed by atoms with Crippen LogP contribution >= 0.6 is 0 Å². The topological polar surface area (TPSA) is 58.2 Å². The summed E-state index contributed by atoms with van der Waals surface area (Å²) in [5.74, 6) is 0.306. The van der Waals surface area contributed by atoms with Crippen molar-refractivity contribution in [1.29, 1.82) is 0 Å². The monoisotopic (exact) mass is 338 g/mol. The molecule has 1 rings (SSSR count). The highest BCUT2D eigenvalue weighted by Crippen LogP contribution is 2.19. The molecule has 1 aliphatic carbocycles. The molecule has 2 atom stereocenters. The van der Waals surface area contributed by atoms with E-state index in [1.807, 2.05) is 0 Å². The van der Waals surface area contributed by atoms with Crippen LogP contribution < -0.4 is 10.6 Å². The predicted octanol–water partition coefficient (Wildman–Crippen LogP) is 4.47. The van der Waals surface area contributed by atoms with Gasteiger partial charge in [-0.2, -0.15) is 0 Å². The van der Waals surface area contributed by atoms with Crippen LogP contribution in [0.25, 0.3) is 0 Å². The fourth-order valence-electron chi connectivity index (χ4n) is 3.46. The molecule has 0 bridgehead atoms. The van der Waals surface area contributed by atoms with Crippen molar-refractivity contribution in [1.82, 2.24) is 10.6 Å². The van der Waals surface area contributed by atoms with Gasteiger partial charge in [0.1, 0.15) is 0 Å². The summed E-state index contributed by atoms with van der Waals surface area (Å²) in [7, 11) is 0. The number of nitrogens with one attached hydrogen (secondary N) is 2. The number of carbonyl (C=O) groups excluding carboxylic acids is 2. The number of hydrogen-bond donors (Lipinski definition) is 2. The molecule has 1 aliphatic rings. The second kappa shape index (κ2) is 13.3. The molecular formula is C20H38N2O2. The lowest BCUT2D eigenvalue weighted by Gasteiger charge is -2.33. The SMILES string of the molecule is CCCCCCC(=O)N[C@H]1CCCC[C@@H]1NC(=O)CCCCCC. The number of unbranched alkanes of at least 4 members (excludes halogenated alkanes) is 6. The largest absolute Gasteiger partial charge is 0.351 e. The second-order valence-electron chi connectivity index (χ2n) is 7.25. The molecular weight excluding hydrogens is 300 g/mol. The zero-order valence-corrected chi connectivity index (χ0v) is 15.9. The van der Waals surface area contributed by atoms with E-state index in [2.05, 4.69) is 24.5 Å². The van der Waals surface area contributed by atoms with E-state index in [9.17, 15) is 9.59 Å². The average Bonchev–Trinajstić information content (AvgIpc) is 2.57. The van der Waals surface area contributed by atoms with Crippen LogP contribution in [0.3, 0.4) is 0 Å². The number of carbonyl (C=O) groups is 2. The molecule has 1 saturated carbocycles. The molecule has 2 N–H and O–H groups in total. The molecule has 0 aromatic carbocycles. The Kier molecular flexibility index (Phi) is 11.6. The van der Waals surface area contributed by atoms with Crippen molar-refractivity contribution in [2.24, 2.45) is 0 Å². The van der Waals surface area contributed by atoms with Crippen LogP contribution in [-0.4, -0.2) is 23.9 Å². The van der Waals surface area contributed by atoms with Crippen LogP contribution in [-0.2, 0) is 9.59 Å². The van der Waals surface area contributed by atoms with Crippen LogP contribution in [0, 0.1) is 0 Å². The Morgan fingerprint density at radius 1 is 0.708 bits per heavy atom. The minimum absolute atomic E-state index is 0.122. The first-order valence-corrected chi connectivity index (χ1v) is 10.3. The van der Waals surface area contributed by atoms with Gasteiger partial charge in [0.05, 0.1) is 0 Å². The standard InChI is InChI=1S/C20H38N2O2/c1-3-5-7-9-15-19(23)21-17-13-11-12-14-18(17)22-20(24)16-10-8-6-4-2/h17-18H,3-16H2,1-2H3,(H,21,23)(H,22,24)/t17-,18-/m0/s1. The fraction of sp³-hybridized carbons (Fsp3) is 0.900. The Bertz CT molecular complexity index is 324. The minimum Gasteiger partial charge on any atom is -0.351 e. The number of rotatable bonds is 12. The Labute approximate surface area is 148 Å². The van der Waals surface area contributed by atoms with Crippen LogP contribution in [0.1, 0.15) is 104 Å². The molecule has 0 saturated heterocycles.